The first-order valence-electron chi connectivity index (χ1n) is 10.1. The molecular formula is C21H30N4O2. The minimum Gasteiger partial charge on any atom is -0.338 e. The molecule has 27 heavy (non-hydrogen) atoms. The number of hydrogen-bond donors (Lipinski definition) is 1. The van der Waals surface area contributed by atoms with E-state index in [2.05, 4.69) is 26.7 Å². The Hall–Kier alpha value is -2.21. The number of aromatic nitrogens is 2. The van der Waals surface area contributed by atoms with Crippen molar-refractivity contribution < 1.29 is 4.79 Å². The van der Waals surface area contributed by atoms with Gasteiger partial charge in [-0.2, -0.15) is 0 Å². The van der Waals surface area contributed by atoms with Crippen molar-refractivity contribution in [2.75, 3.05) is 13.1 Å². The van der Waals surface area contributed by atoms with Crippen molar-refractivity contribution in [2.45, 2.75) is 65.1 Å². The number of amides is 1. The lowest BCUT2D eigenvalue weighted by atomic mass is 9.99. The molecule has 2 atom stereocenters. The number of aromatic amines is 1. The summed E-state index contributed by atoms with van der Waals surface area (Å²) in [6.45, 7) is 8.18. The molecule has 0 aliphatic carbocycles. The van der Waals surface area contributed by atoms with E-state index in [1.807, 2.05) is 32.0 Å². The first-order chi connectivity index (χ1) is 13.0. The van der Waals surface area contributed by atoms with Gasteiger partial charge in [0.1, 0.15) is 5.82 Å². The molecule has 6 heteroatoms. The first kappa shape index (κ1) is 19.5. The normalized spacial score (nSPS) is 18.8. The summed E-state index contributed by atoms with van der Waals surface area (Å²) in [6.07, 6.45) is 4.39. The number of nitrogens with zero attached hydrogens (tertiary/aromatic N) is 3. The number of piperidine rings is 1. The average Bonchev–Trinajstić information content (AvgIpc) is 2.71. The zero-order valence-corrected chi connectivity index (χ0v) is 16.6. The second-order valence-electron chi connectivity index (χ2n) is 7.36. The van der Waals surface area contributed by atoms with Gasteiger partial charge in [-0.3, -0.25) is 14.5 Å². The van der Waals surface area contributed by atoms with Crippen molar-refractivity contribution in [1.82, 2.24) is 19.8 Å². The molecule has 1 aromatic carbocycles. The number of fused-ring (bicyclic) bond motifs is 1. The number of para-hydroxylation sites is 1. The van der Waals surface area contributed by atoms with Gasteiger partial charge in [0.25, 0.3) is 5.56 Å². The molecule has 2 heterocycles. The molecule has 146 valence electrons. The summed E-state index contributed by atoms with van der Waals surface area (Å²) in [5.74, 6) is 0.789. The quantitative estimate of drug-likeness (QED) is 0.849. The van der Waals surface area contributed by atoms with E-state index in [-0.39, 0.29) is 17.5 Å². The Labute approximate surface area is 160 Å². The molecule has 1 fully saturated rings. The maximum atomic E-state index is 13.1. The van der Waals surface area contributed by atoms with E-state index in [1.165, 1.54) is 6.42 Å². The molecule has 1 N–H and O–H groups in total. The van der Waals surface area contributed by atoms with Crippen LogP contribution in [0.3, 0.4) is 0 Å². The van der Waals surface area contributed by atoms with E-state index in [1.54, 1.807) is 6.07 Å². The summed E-state index contributed by atoms with van der Waals surface area (Å²) in [7, 11) is 0. The lowest BCUT2D eigenvalue weighted by molar-refractivity contribution is -0.140. The summed E-state index contributed by atoms with van der Waals surface area (Å²) in [5, 5.41) is 0.590. The molecule has 0 saturated carbocycles. The molecule has 0 radical (unpaired) electrons. The van der Waals surface area contributed by atoms with Gasteiger partial charge < -0.3 is 9.88 Å². The lowest BCUT2D eigenvalue weighted by Gasteiger charge is -2.39. The number of H-pyrrole nitrogens is 1. The number of rotatable bonds is 6. The molecule has 2 aromatic rings. The van der Waals surface area contributed by atoms with Crippen LogP contribution in [0.25, 0.3) is 10.9 Å². The Morgan fingerprint density at radius 3 is 2.85 bits per heavy atom. The predicted octanol–water partition coefficient (Wildman–Crippen LogP) is 2.92. The molecule has 0 spiro atoms. The van der Waals surface area contributed by atoms with Gasteiger partial charge in [-0.1, -0.05) is 26.0 Å². The van der Waals surface area contributed by atoms with Crippen LogP contribution in [0.15, 0.2) is 29.1 Å². The Morgan fingerprint density at radius 1 is 1.33 bits per heavy atom. The minimum atomic E-state index is -0.237. The fourth-order valence-electron chi connectivity index (χ4n) is 4.04. The van der Waals surface area contributed by atoms with E-state index in [0.29, 0.717) is 35.9 Å². The van der Waals surface area contributed by atoms with Crippen molar-refractivity contribution >= 4 is 16.8 Å². The third-order valence-corrected chi connectivity index (χ3v) is 5.71. The molecule has 1 aliphatic heterocycles. The monoisotopic (exact) mass is 370 g/mol. The van der Waals surface area contributed by atoms with Gasteiger partial charge in [0.15, 0.2) is 0 Å². The average molecular weight is 370 g/mol. The molecular weight excluding hydrogens is 340 g/mol. The number of hydrogen-bond acceptors (Lipinski definition) is 4. The van der Waals surface area contributed by atoms with Crippen molar-refractivity contribution in [3.63, 3.8) is 0 Å². The Kier molecular flexibility index (Phi) is 6.26. The molecule has 1 aromatic heterocycles. The maximum absolute atomic E-state index is 13.1. The topological polar surface area (TPSA) is 69.3 Å². The predicted molar refractivity (Wildman–Crippen MR) is 108 cm³/mol. The third kappa shape index (κ3) is 4.21. The van der Waals surface area contributed by atoms with Gasteiger partial charge in [-0.15, -0.1) is 0 Å². The zero-order chi connectivity index (χ0) is 19.4. The second-order valence-corrected chi connectivity index (χ2v) is 7.36. The molecule has 1 saturated heterocycles. The fraction of sp³-hybridized carbons (Fsp3) is 0.571. The second kappa shape index (κ2) is 8.65. The number of benzene rings is 1. The summed E-state index contributed by atoms with van der Waals surface area (Å²) >= 11 is 0. The van der Waals surface area contributed by atoms with Gasteiger partial charge in [0.2, 0.25) is 5.91 Å². The van der Waals surface area contributed by atoms with Gasteiger partial charge in [0, 0.05) is 12.6 Å². The van der Waals surface area contributed by atoms with E-state index in [4.69, 9.17) is 0 Å². The molecule has 6 nitrogen and oxygen atoms in total. The minimum absolute atomic E-state index is 0.132. The summed E-state index contributed by atoms with van der Waals surface area (Å²) in [6, 6.07) is 7.45. The van der Waals surface area contributed by atoms with Crippen molar-refractivity contribution in [1.29, 1.82) is 0 Å². The Morgan fingerprint density at radius 2 is 2.11 bits per heavy atom. The van der Waals surface area contributed by atoms with Crippen LogP contribution in [0, 0.1) is 0 Å². The largest absolute Gasteiger partial charge is 0.338 e. The third-order valence-electron chi connectivity index (χ3n) is 5.71. The van der Waals surface area contributed by atoms with Gasteiger partial charge in [0.05, 0.1) is 23.5 Å². The smallest absolute Gasteiger partial charge is 0.258 e. The molecule has 0 bridgehead atoms. The highest BCUT2D eigenvalue weighted by atomic mass is 16.2. The molecule has 1 amide bonds. The SMILES string of the molecule is CCC1CCCCN1C(=O)C(C)N(CC)Cc1nc2ccccc2c(=O)[nH]1. The Bertz CT molecular complexity index is 847. The number of carbonyl (C=O) groups is 1. The molecule has 3 rings (SSSR count). The van der Waals surface area contributed by atoms with Crippen LogP contribution in [0.2, 0.25) is 0 Å². The van der Waals surface area contributed by atoms with Gasteiger partial charge >= 0.3 is 0 Å². The number of likely N-dealkylation sites (N-methyl/N-ethyl adjacent to an activating group) is 1. The van der Waals surface area contributed by atoms with Crippen LogP contribution in [0.1, 0.15) is 52.3 Å². The highest BCUT2D eigenvalue weighted by molar-refractivity contribution is 5.82. The highest BCUT2D eigenvalue weighted by Gasteiger charge is 2.31. The summed E-state index contributed by atoms with van der Waals surface area (Å²) in [4.78, 5) is 37.0. The van der Waals surface area contributed by atoms with Crippen LogP contribution in [-0.4, -0.2) is 50.8 Å². The van der Waals surface area contributed by atoms with Gasteiger partial charge in [-0.05, 0) is 51.3 Å². The number of nitrogens with one attached hydrogen (secondary N) is 1. The van der Waals surface area contributed by atoms with Gasteiger partial charge in [-0.25, -0.2) is 4.98 Å². The van der Waals surface area contributed by atoms with E-state index in [0.717, 1.165) is 25.8 Å². The number of carbonyl (C=O) groups excluding carboxylic acids is 1. The highest BCUT2D eigenvalue weighted by Crippen LogP contribution is 2.21. The maximum Gasteiger partial charge on any atom is 0.258 e. The van der Waals surface area contributed by atoms with Crippen LogP contribution in [0.4, 0.5) is 0 Å². The van der Waals surface area contributed by atoms with Crippen molar-refractivity contribution in [3.8, 4) is 0 Å². The van der Waals surface area contributed by atoms with E-state index >= 15 is 0 Å². The zero-order valence-electron chi connectivity index (χ0n) is 16.6. The summed E-state index contributed by atoms with van der Waals surface area (Å²) in [5.41, 5.74) is 0.557. The molecule has 2 unspecified atom stereocenters. The number of likely N-dealkylation sites (tertiary alicyclic amines) is 1. The van der Waals surface area contributed by atoms with Crippen molar-refractivity contribution in [3.05, 3.63) is 40.4 Å². The van der Waals surface area contributed by atoms with Crippen LogP contribution in [0.5, 0.6) is 0 Å². The first-order valence-corrected chi connectivity index (χ1v) is 10.1. The van der Waals surface area contributed by atoms with Crippen molar-refractivity contribution in [2.24, 2.45) is 0 Å². The fourth-order valence-corrected chi connectivity index (χ4v) is 4.04. The van der Waals surface area contributed by atoms with Crippen LogP contribution >= 0.6 is 0 Å². The van der Waals surface area contributed by atoms with E-state index in [9.17, 15) is 9.59 Å². The van der Waals surface area contributed by atoms with E-state index < -0.39 is 0 Å². The lowest BCUT2D eigenvalue weighted by Crippen LogP contribution is -2.52. The standard InChI is InChI=1S/C21H30N4O2/c1-4-16-10-8-9-13-25(16)21(27)15(3)24(5-2)14-19-22-18-12-7-6-11-17(18)20(26)23-19/h6-7,11-12,15-16H,4-5,8-10,13-14H2,1-3H3,(H,22,23,26). The summed E-state index contributed by atoms with van der Waals surface area (Å²) < 4.78 is 0. The van der Waals surface area contributed by atoms with Crippen LogP contribution in [-0.2, 0) is 11.3 Å². The Balaban J connectivity index is 1.78. The molecule has 1 aliphatic rings. The van der Waals surface area contributed by atoms with Crippen LogP contribution < -0.4 is 5.56 Å².